The molecule has 1 aliphatic heterocycles. The third-order valence-electron chi connectivity index (χ3n) is 5.78. The fraction of sp³-hybridized carbons (Fsp3) is 0.684. The van der Waals surface area contributed by atoms with Gasteiger partial charge in [-0.25, -0.2) is 0 Å². The van der Waals surface area contributed by atoms with Crippen LogP contribution >= 0.6 is 11.3 Å². The van der Waals surface area contributed by atoms with Crippen molar-refractivity contribution in [3.63, 3.8) is 0 Å². The minimum atomic E-state index is 0.00776. The van der Waals surface area contributed by atoms with Crippen molar-refractivity contribution in [3.05, 3.63) is 22.4 Å². The molecule has 0 unspecified atom stereocenters. The van der Waals surface area contributed by atoms with Crippen molar-refractivity contribution in [3.8, 4) is 0 Å². The summed E-state index contributed by atoms with van der Waals surface area (Å²) in [6.07, 6.45) is 7.21. The number of amides is 2. The van der Waals surface area contributed by atoms with Crippen molar-refractivity contribution >= 4 is 23.2 Å². The molecule has 25 heavy (non-hydrogen) atoms. The van der Waals surface area contributed by atoms with E-state index < -0.39 is 0 Å². The van der Waals surface area contributed by atoms with E-state index in [0.717, 1.165) is 37.9 Å². The number of nitrogens with two attached hydrogens (primary N) is 1. The topological polar surface area (TPSA) is 66.6 Å². The molecule has 2 amide bonds. The highest BCUT2D eigenvalue weighted by Crippen LogP contribution is 2.38. The number of hydrogen-bond acceptors (Lipinski definition) is 4. The Labute approximate surface area is 154 Å². The molecule has 3 rings (SSSR count). The van der Waals surface area contributed by atoms with E-state index in [1.807, 2.05) is 26.6 Å². The standard InChI is InChI=1S/C19H29N3O2S/c20-15-19(6-2-1-3-7-19)13-17(23)21-8-4-9-22(11-10-21)18(24)16-5-12-25-14-16/h5,12,14H,1-4,6-11,13,15,20H2. The van der Waals surface area contributed by atoms with Crippen LogP contribution in [0.4, 0.5) is 0 Å². The normalized spacial score (nSPS) is 21.0. The van der Waals surface area contributed by atoms with E-state index in [9.17, 15) is 9.59 Å². The predicted molar refractivity (Wildman–Crippen MR) is 101 cm³/mol. The highest BCUT2D eigenvalue weighted by molar-refractivity contribution is 7.08. The van der Waals surface area contributed by atoms with Crippen LogP contribution in [0.15, 0.2) is 16.8 Å². The van der Waals surface area contributed by atoms with E-state index in [4.69, 9.17) is 5.73 Å². The average Bonchev–Trinajstić information content (AvgIpc) is 3.06. The zero-order valence-electron chi connectivity index (χ0n) is 14.9. The second kappa shape index (κ2) is 8.32. The van der Waals surface area contributed by atoms with Crippen LogP contribution in [0.1, 0.15) is 55.3 Å². The van der Waals surface area contributed by atoms with Gasteiger partial charge in [0.25, 0.3) is 5.91 Å². The molecule has 2 aliphatic rings. The van der Waals surface area contributed by atoms with Crippen molar-refractivity contribution < 1.29 is 9.59 Å². The van der Waals surface area contributed by atoms with Gasteiger partial charge in [0, 0.05) is 38.0 Å². The number of nitrogens with zero attached hydrogens (tertiary/aromatic N) is 2. The lowest BCUT2D eigenvalue weighted by atomic mass is 9.71. The quantitative estimate of drug-likeness (QED) is 0.894. The van der Waals surface area contributed by atoms with Crippen molar-refractivity contribution in [2.45, 2.75) is 44.9 Å². The van der Waals surface area contributed by atoms with Crippen molar-refractivity contribution in [2.75, 3.05) is 32.7 Å². The number of carbonyl (C=O) groups is 2. The van der Waals surface area contributed by atoms with Crippen LogP contribution in [-0.2, 0) is 4.79 Å². The summed E-state index contributed by atoms with van der Waals surface area (Å²) < 4.78 is 0. The highest BCUT2D eigenvalue weighted by atomic mass is 32.1. The van der Waals surface area contributed by atoms with Gasteiger partial charge in [-0.05, 0) is 42.7 Å². The van der Waals surface area contributed by atoms with E-state index in [1.54, 1.807) is 11.3 Å². The monoisotopic (exact) mass is 363 g/mol. The first-order valence-corrected chi connectivity index (χ1v) is 10.4. The fourth-order valence-corrected chi connectivity index (χ4v) is 4.76. The summed E-state index contributed by atoms with van der Waals surface area (Å²) in [6.45, 7) is 3.33. The number of carbonyl (C=O) groups excluding carboxylic acids is 2. The van der Waals surface area contributed by atoms with Gasteiger partial charge in [-0.2, -0.15) is 11.3 Å². The lowest BCUT2D eigenvalue weighted by Crippen LogP contribution is -2.42. The van der Waals surface area contributed by atoms with Gasteiger partial charge in [-0.1, -0.05) is 19.3 Å². The molecule has 0 atom stereocenters. The van der Waals surface area contributed by atoms with Gasteiger partial charge in [0.15, 0.2) is 0 Å². The maximum Gasteiger partial charge on any atom is 0.254 e. The second-order valence-electron chi connectivity index (χ2n) is 7.48. The Balaban J connectivity index is 1.57. The van der Waals surface area contributed by atoms with E-state index in [0.29, 0.717) is 26.1 Å². The molecule has 2 heterocycles. The van der Waals surface area contributed by atoms with E-state index in [-0.39, 0.29) is 17.2 Å². The molecular weight excluding hydrogens is 334 g/mol. The predicted octanol–water partition coefficient (Wildman–Crippen LogP) is 2.72. The maximum atomic E-state index is 12.9. The van der Waals surface area contributed by atoms with E-state index in [2.05, 4.69) is 0 Å². The van der Waals surface area contributed by atoms with Crippen LogP contribution in [-0.4, -0.2) is 54.3 Å². The first-order chi connectivity index (χ1) is 12.1. The van der Waals surface area contributed by atoms with Gasteiger partial charge in [-0.15, -0.1) is 0 Å². The average molecular weight is 364 g/mol. The molecule has 138 valence electrons. The van der Waals surface area contributed by atoms with Gasteiger partial charge < -0.3 is 15.5 Å². The largest absolute Gasteiger partial charge is 0.341 e. The Hall–Kier alpha value is -1.40. The maximum absolute atomic E-state index is 12.9. The molecule has 1 aliphatic carbocycles. The minimum Gasteiger partial charge on any atom is -0.341 e. The molecular formula is C19H29N3O2S. The van der Waals surface area contributed by atoms with Gasteiger partial charge in [-0.3, -0.25) is 9.59 Å². The van der Waals surface area contributed by atoms with Gasteiger partial charge in [0.1, 0.15) is 0 Å². The molecule has 2 fully saturated rings. The number of hydrogen-bond donors (Lipinski definition) is 1. The minimum absolute atomic E-state index is 0.00776. The third kappa shape index (κ3) is 4.42. The summed E-state index contributed by atoms with van der Waals surface area (Å²) in [4.78, 5) is 29.2. The molecule has 6 heteroatoms. The summed E-state index contributed by atoms with van der Waals surface area (Å²) in [5.74, 6) is 0.304. The lowest BCUT2D eigenvalue weighted by Gasteiger charge is -2.37. The highest BCUT2D eigenvalue weighted by Gasteiger charge is 2.35. The zero-order valence-corrected chi connectivity index (χ0v) is 15.7. The molecule has 0 aromatic carbocycles. The second-order valence-corrected chi connectivity index (χ2v) is 8.26. The Bertz CT molecular complexity index is 581. The molecule has 1 aromatic rings. The SMILES string of the molecule is NCC1(CC(=O)N2CCCN(C(=O)c3ccsc3)CC2)CCCCC1. The number of thiophene rings is 1. The summed E-state index contributed by atoms with van der Waals surface area (Å²) in [7, 11) is 0. The lowest BCUT2D eigenvalue weighted by molar-refractivity contribution is -0.134. The van der Waals surface area contributed by atoms with Crippen LogP contribution in [0.25, 0.3) is 0 Å². The van der Waals surface area contributed by atoms with Gasteiger partial charge in [0.2, 0.25) is 5.91 Å². The molecule has 2 N–H and O–H groups in total. The summed E-state index contributed by atoms with van der Waals surface area (Å²) in [5.41, 5.74) is 6.81. The fourth-order valence-electron chi connectivity index (χ4n) is 4.13. The van der Waals surface area contributed by atoms with Gasteiger partial charge in [0.05, 0.1) is 5.56 Å². The Morgan fingerprint density at radius 1 is 1.04 bits per heavy atom. The molecule has 1 aromatic heterocycles. The van der Waals surface area contributed by atoms with Crippen LogP contribution < -0.4 is 5.73 Å². The van der Waals surface area contributed by atoms with Crippen LogP contribution in [0.2, 0.25) is 0 Å². The van der Waals surface area contributed by atoms with E-state index in [1.165, 1.54) is 19.3 Å². The smallest absolute Gasteiger partial charge is 0.254 e. The molecule has 1 saturated heterocycles. The van der Waals surface area contributed by atoms with Crippen molar-refractivity contribution in [2.24, 2.45) is 11.1 Å². The van der Waals surface area contributed by atoms with Crippen LogP contribution in [0.3, 0.4) is 0 Å². The molecule has 1 saturated carbocycles. The van der Waals surface area contributed by atoms with E-state index >= 15 is 0 Å². The summed E-state index contributed by atoms with van der Waals surface area (Å²) in [6, 6.07) is 1.87. The molecule has 0 spiro atoms. The first kappa shape index (κ1) is 18.4. The Kier molecular flexibility index (Phi) is 6.12. The molecule has 5 nitrogen and oxygen atoms in total. The van der Waals surface area contributed by atoms with Crippen LogP contribution in [0, 0.1) is 5.41 Å². The Morgan fingerprint density at radius 3 is 2.44 bits per heavy atom. The molecule has 0 radical (unpaired) electrons. The van der Waals surface area contributed by atoms with Crippen molar-refractivity contribution in [1.82, 2.24) is 9.80 Å². The number of rotatable bonds is 4. The van der Waals surface area contributed by atoms with Crippen LogP contribution in [0.5, 0.6) is 0 Å². The van der Waals surface area contributed by atoms with Crippen molar-refractivity contribution in [1.29, 1.82) is 0 Å². The summed E-state index contributed by atoms with van der Waals surface area (Å²) in [5, 5.41) is 3.82. The van der Waals surface area contributed by atoms with Gasteiger partial charge >= 0.3 is 0 Å². The molecule has 0 bridgehead atoms. The third-order valence-corrected chi connectivity index (χ3v) is 6.46. The Morgan fingerprint density at radius 2 is 1.76 bits per heavy atom. The zero-order chi connectivity index (χ0) is 17.7. The summed E-state index contributed by atoms with van der Waals surface area (Å²) >= 11 is 1.54. The first-order valence-electron chi connectivity index (χ1n) is 9.43.